The van der Waals surface area contributed by atoms with Crippen molar-refractivity contribution in [3.63, 3.8) is 0 Å². The first-order valence-electron chi connectivity index (χ1n) is 2.86. The molecule has 1 saturated carbocycles. The molecule has 1 aliphatic heterocycles. The van der Waals surface area contributed by atoms with E-state index in [2.05, 4.69) is 5.32 Å². The van der Waals surface area contributed by atoms with Crippen LogP contribution in [-0.2, 0) is 0 Å². The number of fused-ring (bicyclic) bond motifs is 1. The average molecular weight is 98.1 g/mol. The summed E-state index contributed by atoms with van der Waals surface area (Å²) >= 11 is 0. The van der Waals surface area contributed by atoms with Crippen LogP contribution in [0.1, 0.15) is 0 Å². The third-order valence-corrected chi connectivity index (χ3v) is 2.16. The molecule has 0 aromatic heterocycles. The molecule has 0 bridgehead atoms. The molecule has 0 amide bonds. The van der Waals surface area contributed by atoms with Gasteiger partial charge in [0.2, 0.25) is 0 Å². The SMILES string of the molecule is NC1C2CNCC12. The zero-order valence-corrected chi connectivity index (χ0v) is 4.22. The summed E-state index contributed by atoms with van der Waals surface area (Å²) in [7, 11) is 0. The van der Waals surface area contributed by atoms with Gasteiger partial charge in [0.15, 0.2) is 0 Å². The Bertz CT molecular complexity index is 82.1. The predicted molar refractivity (Wildman–Crippen MR) is 27.8 cm³/mol. The molecular formula is C5H10N2. The van der Waals surface area contributed by atoms with Crippen molar-refractivity contribution >= 4 is 0 Å². The van der Waals surface area contributed by atoms with Crippen LogP contribution in [0.3, 0.4) is 0 Å². The smallest absolute Gasteiger partial charge is 0.0127 e. The highest BCUT2D eigenvalue weighted by molar-refractivity contribution is 5.07. The molecule has 2 fully saturated rings. The van der Waals surface area contributed by atoms with Gasteiger partial charge in [0.25, 0.3) is 0 Å². The van der Waals surface area contributed by atoms with Crippen LogP contribution in [0.4, 0.5) is 0 Å². The lowest BCUT2D eigenvalue weighted by Crippen LogP contribution is -2.21. The fourth-order valence-corrected chi connectivity index (χ4v) is 1.47. The predicted octanol–water partition coefficient (Wildman–Crippen LogP) is -0.837. The molecule has 2 heteroatoms. The Labute approximate surface area is 43.1 Å². The Balaban J connectivity index is 2.06. The zero-order chi connectivity index (χ0) is 4.85. The Morgan fingerprint density at radius 2 is 1.86 bits per heavy atom. The topological polar surface area (TPSA) is 38.0 Å². The minimum absolute atomic E-state index is 0.557. The Hall–Kier alpha value is -0.0800. The molecule has 2 aliphatic rings. The van der Waals surface area contributed by atoms with Gasteiger partial charge >= 0.3 is 0 Å². The van der Waals surface area contributed by atoms with E-state index in [1.165, 1.54) is 13.1 Å². The van der Waals surface area contributed by atoms with Crippen molar-refractivity contribution in [2.24, 2.45) is 17.6 Å². The first-order chi connectivity index (χ1) is 3.39. The van der Waals surface area contributed by atoms with Crippen LogP contribution in [0, 0.1) is 11.8 Å². The van der Waals surface area contributed by atoms with E-state index in [1.807, 2.05) is 0 Å². The second-order valence-electron chi connectivity index (χ2n) is 2.56. The van der Waals surface area contributed by atoms with Crippen LogP contribution in [0.5, 0.6) is 0 Å². The minimum Gasteiger partial charge on any atom is -0.327 e. The molecule has 0 aromatic carbocycles. The molecule has 0 spiro atoms. The fraction of sp³-hybridized carbons (Fsp3) is 1.00. The molecule has 40 valence electrons. The highest BCUT2D eigenvalue weighted by Gasteiger charge is 2.50. The van der Waals surface area contributed by atoms with Gasteiger partial charge < -0.3 is 11.1 Å². The summed E-state index contributed by atoms with van der Waals surface area (Å²) in [6.45, 7) is 2.34. The van der Waals surface area contributed by atoms with E-state index in [-0.39, 0.29) is 0 Å². The van der Waals surface area contributed by atoms with Gasteiger partial charge in [0, 0.05) is 6.04 Å². The van der Waals surface area contributed by atoms with Gasteiger partial charge in [-0.25, -0.2) is 0 Å². The summed E-state index contributed by atoms with van der Waals surface area (Å²) < 4.78 is 0. The number of hydrogen-bond donors (Lipinski definition) is 2. The summed E-state index contributed by atoms with van der Waals surface area (Å²) in [5.41, 5.74) is 5.63. The number of rotatable bonds is 0. The van der Waals surface area contributed by atoms with Crippen LogP contribution in [0.15, 0.2) is 0 Å². The molecule has 0 aromatic rings. The fourth-order valence-electron chi connectivity index (χ4n) is 1.47. The molecular weight excluding hydrogens is 88.1 g/mol. The summed E-state index contributed by atoms with van der Waals surface area (Å²) in [4.78, 5) is 0. The van der Waals surface area contributed by atoms with Crippen molar-refractivity contribution in [1.29, 1.82) is 0 Å². The van der Waals surface area contributed by atoms with Gasteiger partial charge in [-0.15, -0.1) is 0 Å². The number of nitrogens with two attached hydrogens (primary N) is 1. The molecule has 1 heterocycles. The second-order valence-corrected chi connectivity index (χ2v) is 2.56. The molecule has 3 N–H and O–H groups in total. The molecule has 2 nitrogen and oxygen atoms in total. The zero-order valence-electron chi connectivity index (χ0n) is 4.22. The first-order valence-corrected chi connectivity index (χ1v) is 2.86. The van der Waals surface area contributed by atoms with E-state index in [0.717, 1.165) is 11.8 Å². The van der Waals surface area contributed by atoms with E-state index in [1.54, 1.807) is 0 Å². The molecule has 0 radical (unpaired) electrons. The molecule has 1 saturated heterocycles. The van der Waals surface area contributed by atoms with Gasteiger partial charge in [0.1, 0.15) is 0 Å². The van der Waals surface area contributed by atoms with E-state index >= 15 is 0 Å². The van der Waals surface area contributed by atoms with E-state index in [9.17, 15) is 0 Å². The summed E-state index contributed by atoms with van der Waals surface area (Å²) in [5.74, 6) is 1.69. The lowest BCUT2D eigenvalue weighted by atomic mass is 10.4. The highest BCUT2D eigenvalue weighted by Crippen LogP contribution is 2.39. The average Bonchev–Trinajstić information content (AvgIpc) is 2.26. The molecule has 7 heavy (non-hydrogen) atoms. The minimum atomic E-state index is 0.557. The standard InChI is InChI=1S/C5H10N2/c6-5-3-1-7-2-4(3)5/h3-5,7H,1-2,6H2. The lowest BCUT2D eigenvalue weighted by molar-refractivity contribution is 0.677. The van der Waals surface area contributed by atoms with Crippen LogP contribution in [-0.4, -0.2) is 19.1 Å². The van der Waals surface area contributed by atoms with Crippen molar-refractivity contribution < 1.29 is 0 Å². The quantitative estimate of drug-likeness (QED) is 0.414. The van der Waals surface area contributed by atoms with E-state index in [4.69, 9.17) is 5.73 Å². The number of hydrogen-bond acceptors (Lipinski definition) is 2. The van der Waals surface area contributed by atoms with Crippen molar-refractivity contribution in [3.8, 4) is 0 Å². The maximum Gasteiger partial charge on any atom is 0.0127 e. The summed E-state index contributed by atoms with van der Waals surface area (Å²) in [6, 6.07) is 0.557. The van der Waals surface area contributed by atoms with Crippen molar-refractivity contribution in [2.45, 2.75) is 6.04 Å². The monoisotopic (exact) mass is 98.1 g/mol. The van der Waals surface area contributed by atoms with Crippen LogP contribution in [0.25, 0.3) is 0 Å². The largest absolute Gasteiger partial charge is 0.327 e. The van der Waals surface area contributed by atoms with Gasteiger partial charge in [-0.3, -0.25) is 0 Å². The normalized spacial score (nSPS) is 57.0. The van der Waals surface area contributed by atoms with Crippen LogP contribution in [0.2, 0.25) is 0 Å². The van der Waals surface area contributed by atoms with Crippen LogP contribution >= 0.6 is 0 Å². The number of nitrogens with one attached hydrogen (secondary N) is 1. The van der Waals surface area contributed by atoms with Crippen molar-refractivity contribution in [2.75, 3.05) is 13.1 Å². The molecule has 2 unspecified atom stereocenters. The Morgan fingerprint density at radius 3 is 2.14 bits per heavy atom. The molecule has 2 atom stereocenters. The third-order valence-electron chi connectivity index (χ3n) is 2.16. The maximum atomic E-state index is 5.63. The van der Waals surface area contributed by atoms with Gasteiger partial charge in [-0.05, 0) is 24.9 Å². The molecule has 2 rings (SSSR count). The third kappa shape index (κ3) is 0.359. The summed E-state index contributed by atoms with van der Waals surface area (Å²) in [6.07, 6.45) is 0. The highest BCUT2D eigenvalue weighted by atomic mass is 15.0. The van der Waals surface area contributed by atoms with Gasteiger partial charge in [-0.2, -0.15) is 0 Å². The first kappa shape index (κ1) is 3.87. The van der Waals surface area contributed by atoms with Crippen molar-refractivity contribution in [1.82, 2.24) is 5.32 Å². The Morgan fingerprint density at radius 1 is 1.29 bits per heavy atom. The Kier molecular flexibility index (Phi) is 0.557. The van der Waals surface area contributed by atoms with Crippen molar-refractivity contribution in [3.05, 3.63) is 0 Å². The van der Waals surface area contributed by atoms with Gasteiger partial charge in [-0.1, -0.05) is 0 Å². The van der Waals surface area contributed by atoms with E-state index < -0.39 is 0 Å². The van der Waals surface area contributed by atoms with E-state index in [0.29, 0.717) is 6.04 Å². The molecule has 1 aliphatic carbocycles. The van der Waals surface area contributed by atoms with Gasteiger partial charge in [0.05, 0.1) is 0 Å². The summed E-state index contributed by atoms with van der Waals surface area (Å²) in [5, 5.41) is 3.27. The number of piperidine rings is 1. The second kappa shape index (κ2) is 1.01. The van der Waals surface area contributed by atoms with Crippen LogP contribution < -0.4 is 11.1 Å². The maximum absolute atomic E-state index is 5.63. The lowest BCUT2D eigenvalue weighted by Gasteiger charge is -1.94.